The summed E-state index contributed by atoms with van der Waals surface area (Å²) >= 11 is 0. The molecule has 0 bridgehead atoms. The Morgan fingerprint density at radius 1 is 0.370 bits per heavy atom. The number of hydrogen-bond donors (Lipinski definition) is 2. The van der Waals surface area contributed by atoms with Crippen molar-refractivity contribution < 1.29 is 29.2 Å². The fourth-order valence-electron chi connectivity index (χ4n) is 7.24. The Bertz CT molecular complexity index is 672. The normalized spacial score (nSPS) is 13.9. The minimum Gasteiger partial charge on any atom is -0.388 e. The van der Waals surface area contributed by atoms with Crippen LogP contribution in [0.3, 0.4) is 0 Å². The molecule has 0 aliphatic carbocycles. The number of hydrogen-bond acceptors (Lipinski definition) is 6. The molecule has 0 saturated heterocycles. The van der Waals surface area contributed by atoms with Gasteiger partial charge in [-0.15, -0.1) is 13.2 Å². The number of aliphatic hydroxyl groups excluding tert-OH is 2. The van der Waals surface area contributed by atoms with Crippen LogP contribution in [-0.2, 0) is 18.9 Å². The third kappa shape index (κ3) is 36.9. The van der Waals surface area contributed by atoms with E-state index in [1.165, 1.54) is 180 Å². The lowest BCUT2D eigenvalue weighted by molar-refractivity contribution is -0.161. The summed E-state index contributed by atoms with van der Waals surface area (Å²) in [6.45, 7) is 14.2. The molecule has 6 heteroatoms. The van der Waals surface area contributed by atoms with Crippen LogP contribution in [0.5, 0.6) is 0 Å². The van der Waals surface area contributed by atoms with Crippen molar-refractivity contribution >= 4 is 0 Å². The summed E-state index contributed by atoms with van der Waals surface area (Å²) in [5, 5.41) is 22.5. The molecule has 0 rings (SSSR count). The van der Waals surface area contributed by atoms with Gasteiger partial charge in [0.15, 0.2) is 0 Å². The second-order valence-electron chi connectivity index (χ2n) is 16.1. The molecule has 4 atom stereocenters. The first-order valence-corrected chi connectivity index (χ1v) is 23.6. The first kappa shape index (κ1) is 53.2. The van der Waals surface area contributed by atoms with Crippen LogP contribution >= 0.6 is 0 Å². The Morgan fingerprint density at radius 3 is 0.815 bits per heavy atom. The Kier molecular flexibility index (Phi) is 44.3. The van der Waals surface area contributed by atoms with E-state index in [0.29, 0.717) is 26.4 Å². The van der Waals surface area contributed by atoms with E-state index in [9.17, 15) is 10.2 Å². The van der Waals surface area contributed by atoms with E-state index < -0.39 is 24.4 Å². The number of rotatable bonds is 47. The molecule has 322 valence electrons. The molecule has 0 fully saturated rings. The quantitative estimate of drug-likeness (QED) is 0.0474. The molecule has 6 nitrogen and oxygen atoms in total. The van der Waals surface area contributed by atoms with Gasteiger partial charge in [-0.1, -0.05) is 219 Å². The van der Waals surface area contributed by atoms with Crippen LogP contribution < -0.4 is 0 Å². The van der Waals surface area contributed by atoms with Crippen molar-refractivity contribution in [3.05, 3.63) is 25.3 Å². The maximum Gasteiger partial charge on any atom is 0.111 e. The average molecular weight is 767 g/mol. The number of ether oxygens (including phenoxy) is 4. The summed E-state index contributed by atoms with van der Waals surface area (Å²) in [6, 6.07) is 0. The Morgan fingerprint density at radius 2 is 0.593 bits per heavy atom. The Balaban J connectivity index is 4.25. The lowest BCUT2D eigenvalue weighted by atomic mass is 10.0. The van der Waals surface area contributed by atoms with E-state index in [0.717, 1.165) is 25.7 Å². The van der Waals surface area contributed by atoms with Crippen molar-refractivity contribution in [2.75, 3.05) is 39.6 Å². The van der Waals surface area contributed by atoms with Gasteiger partial charge in [0.05, 0.1) is 26.4 Å². The van der Waals surface area contributed by atoms with Gasteiger partial charge in [-0.05, 0) is 12.8 Å². The van der Waals surface area contributed by atoms with Gasteiger partial charge in [-0.25, -0.2) is 0 Å². The summed E-state index contributed by atoms with van der Waals surface area (Å²) in [5.74, 6) is 0. The van der Waals surface area contributed by atoms with Crippen molar-refractivity contribution in [3.8, 4) is 0 Å². The van der Waals surface area contributed by atoms with Crippen molar-refractivity contribution in [1.82, 2.24) is 0 Å². The van der Waals surface area contributed by atoms with Crippen LogP contribution in [0.15, 0.2) is 25.3 Å². The first-order valence-electron chi connectivity index (χ1n) is 23.6. The summed E-state index contributed by atoms with van der Waals surface area (Å²) < 4.78 is 23.6. The molecular weight excluding hydrogens is 673 g/mol. The van der Waals surface area contributed by atoms with Crippen molar-refractivity contribution in [1.29, 1.82) is 0 Å². The van der Waals surface area contributed by atoms with Gasteiger partial charge in [-0.3, -0.25) is 0 Å². The molecule has 0 aliphatic heterocycles. The van der Waals surface area contributed by atoms with Gasteiger partial charge < -0.3 is 29.2 Å². The molecule has 0 aromatic heterocycles. The summed E-state index contributed by atoms with van der Waals surface area (Å²) in [7, 11) is 0. The highest BCUT2D eigenvalue weighted by Gasteiger charge is 2.34. The minimum absolute atomic E-state index is 0.183. The molecule has 0 aromatic rings. The molecule has 0 amide bonds. The smallest absolute Gasteiger partial charge is 0.111 e. The zero-order chi connectivity index (χ0) is 39.4. The van der Waals surface area contributed by atoms with E-state index in [1.54, 1.807) is 12.2 Å². The molecule has 0 spiro atoms. The maximum atomic E-state index is 11.2. The molecule has 54 heavy (non-hydrogen) atoms. The predicted octanol–water partition coefficient (Wildman–Crippen LogP) is 13.4. The van der Waals surface area contributed by atoms with Crippen LogP contribution in [0, 0.1) is 0 Å². The van der Waals surface area contributed by atoms with Gasteiger partial charge in [0.25, 0.3) is 0 Å². The molecule has 2 N–H and O–H groups in total. The van der Waals surface area contributed by atoms with Crippen LogP contribution in [0.1, 0.15) is 219 Å². The molecule has 0 unspecified atom stereocenters. The number of aliphatic hydroxyl groups is 2. The second-order valence-corrected chi connectivity index (χ2v) is 16.1. The Hall–Kier alpha value is -0.760. The topological polar surface area (TPSA) is 77.4 Å². The van der Waals surface area contributed by atoms with E-state index in [2.05, 4.69) is 27.0 Å². The van der Waals surface area contributed by atoms with Gasteiger partial charge in [0.1, 0.15) is 24.4 Å². The predicted molar refractivity (Wildman–Crippen MR) is 233 cm³/mol. The largest absolute Gasteiger partial charge is 0.388 e. The molecule has 0 aromatic carbocycles. The minimum atomic E-state index is -1.15. The van der Waals surface area contributed by atoms with Crippen LogP contribution in [0.2, 0.25) is 0 Å². The molecule has 0 heterocycles. The van der Waals surface area contributed by atoms with Gasteiger partial charge >= 0.3 is 0 Å². The van der Waals surface area contributed by atoms with E-state index in [-0.39, 0.29) is 13.2 Å². The fourth-order valence-corrected chi connectivity index (χ4v) is 7.24. The molecule has 0 aliphatic rings. The fraction of sp³-hybridized carbons (Fsp3) is 0.917. The monoisotopic (exact) mass is 767 g/mol. The van der Waals surface area contributed by atoms with Crippen molar-refractivity contribution in [3.63, 3.8) is 0 Å². The summed E-state index contributed by atoms with van der Waals surface area (Å²) in [4.78, 5) is 0. The van der Waals surface area contributed by atoms with Crippen molar-refractivity contribution in [2.45, 2.75) is 244 Å². The Labute approximate surface area is 337 Å². The molecular formula is C48H94O6. The zero-order valence-corrected chi connectivity index (χ0v) is 36.3. The molecule has 0 saturated carbocycles. The SMILES string of the molecule is C=CCOC[C@@H](OCCCCCCCCCCCCCCCCCC)[C@@H](O)[C@H](O)[C@@H](COCC=C)OCCCCCCCCCCCCCCCCCC. The third-order valence-corrected chi connectivity index (χ3v) is 10.8. The lowest BCUT2D eigenvalue weighted by Crippen LogP contribution is -2.49. The van der Waals surface area contributed by atoms with Crippen LogP contribution in [0.4, 0.5) is 0 Å². The van der Waals surface area contributed by atoms with E-state index >= 15 is 0 Å². The van der Waals surface area contributed by atoms with Crippen LogP contribution in [0.25, 0.3) is 0 Å². The van der Waals surface area contributed by atoms with E-state index in [1.807, 2.05) is 0 Å². The first-order chi connectivity index (χ1) is 26.6. The highest BCUT2D eigenvalue weighted by atomic mass is 16.6. The van der Waals surface area contributed by atoms with Gasteiger partial charge in [0.2, 0.25) is 0 Å². The zero-order valence-electron chi connectivity index (χ0n) is 36.3. The van der Waals surface area contributed by atoms with Crippen LogP contribution in [-0.4, -0.2) is 74.3 Å². The maximum absolute atomic E-state index is 11.2. The summed E-state index contributed by atoms with van der Waals surface area (Å²) in [5.41, 5.74) is 0. The average Bonchev–Trinajstić information content (AvgIpc) is 3.18. The summed E-state index contributed by atoms with van der Waals surface area (Å²) in [6.07, 6.45) is 42.1. The standard InChI is InChI=1S/C48H94O6/c1-5-9-11-13-15-17-19-21-23-25-27-29-31-33-35-37-41-53-45(43-51-39-7-3)47(49)48(50)46(44-52-40-8-4)54-42-38-36-34-32-30-28-26-24-22-20-18-16-14-12-10-6-2/h7-8,45-50H,3-6,9-44H2,1-2H3/t45-,46-,47-,48-/m1/s1. The van der Waals surface area contributed by atoms with E-state index in [4.69, 9.17) is 18.9 Å². The number of unbranched alkanes of at least 4 members (excludes halogenated alkanes) is 30. The highest BCUT2D eigenvalue weighted by molar-refractivity contribution is 4.84. The van der Waals surface area contributed by atoms with Gasteiger partial charge in [-0.2, -0.15) is 0 Å². The van der Waals surface area contributed by atoms with Gasteiger partial charge in [0, 0.05) is 13.2 Å². The second kappa shape index (κ2) is 44.9. The lowest BCUT2D eigenvalue weighted by Gasteiger charge is -2.31. The highest BCUT2D eigenvalue weighted by Crippen LogP contribution is 2.18. The van der Waals surface area contributed by atoms with Crippen molar-refractivity contribution in [2.24, 2.45) is 0 Å². The molecule has 0 radical (unpaired) electrons. The third-order valence-electron chi connectivity index (χ3n) is 10.8.